The highest BCUT2D eigenvalue weighted by molar-refractivity contribution is 6.30. The molecule has 2 fully saturated rings. The summed E-state index contributed by atoms with van der Waals surface area (Å²) >= 11 is 5.99. The van der Waals surface area contributed by atoms with Gasteiger partial charge in [-0.2, -0.15) is 0 Å². The van der Waals surface area contributed by atoms with E-state index in [1.54, 1.807) is 19.0 Å². The number of morpholine rings is 1. The number of carbonyl (C=O) groups is 2. The van der Waals surface area contributed by atoms with Crippen LogP contribution in [0, 0.1) is 0 Å². The standard InChI is InChI=1S/C20H28ClN3O3/c1-23(2)20(26)10-18-12-24-11-16(9-17(24)13-27-18)22-19(25)7-6-14-4-3-5-15(21)8-14/h3-5,8,16-18H,6-7,9-13H2,1-2H3,(H,22,25)/t16-,17+,18+/m1/s1. The molecule has 0 aromatic heterocycles. The summed E-state index contributed by atoms with van der Waals surface area (Å²) in [5, 5.41) is 3.85. The molecule has 3 rings (SSSR count). The SMILES string of the molecule is CN(C)C(=O)C[C@H]1CN2C[C@H](NC(=O)CCc3cccc(Cl)c3)C[C@H]2CO1. The number of nitrogens with one attached hydrogen (secondary N) is 1. The topological polar surface area (TPSA) is 61.9 Å². The number of nitrogens with zero attached hydrogens (tertiary/aromatic N) is 2. The third-order valence-electron chi connectivity index (χ3n) is 5.29. The van der Waals surface area contributed by atoms with Crippen LogP contribution in [0.1, 0.15) is 24.8 Å². The number of halogens is 1. The van der Waals surface area contributed by atoms with Crippen LogP contribution in [-0.4, -0.2) is 73.6 Å². The number of benzene rings is 1. The normalized spacial score (nSPS) is 25.1. The van der Waals surface area contributed by atoms with Crippen LogP contribution in [0.5, 0.6) is 0 Å². The molecule has 0 spiro atoms. The van der Waals surface area contributed by atoms with Crippen LogP contribution >= 0.6 is 11.6 Å². The Morgan fingerprint density at radius 3 is 2.89 bits per heavy atom. The second kappa shape index (κ2) is 9.04. The van der Waals surface area contributed by atoms with E-state index in [1.165, 1.54) is 0 Å². The van der Waals surface area contributed by atoms with Gasteiger partial charge in [0.05, 0.1) is 19.1 Å². The molecule has 1 aromatic rings. The average molecular weight is 394 g/mol. The van der Waals surface area contributed by atoms with Gasteiger partial charge in [0.25, 0.3) is 0 Å². The molecular weight excluding hydrogens is 366 g/mol. The molecule has 6 nitrogen and oxygen atoms in total. The first kappa shape index (κ1) is 20.1. The Bertz CT molecular complexity index is 682. The number of carbonyl (C=O) groups excluding carboxylic acids is 2. The van der Waals surface area contributed by atoms with Gasteiger partial charge in [-0.15, -0.1) is 0 Å². The average Bonchev–Trinajstić information content (AvgIpc) is 3.01. The number of hydrogen-bond donors (Lipinski definition) is 1. The Hall–Kier alpha value is -1.63. The Kier molecular flexibility index (Phi) is 6.73. The number of amides is 2. The van der Waals surface area contributed by atoms with Gasteiger partial charge in [-0.3, -0.25) is 14.5 Å². The highest BCUT2D eigenvalue weighted by Gasteiger charge is 2.38. The van der Waals surface area contributed by atoms with Gasteiger partial charge >= 0.3 is 0 Å². The minimum atomic E-state index is -0.0616. The number of hydrogen-bond acceptors (Lipinski definition) is 4. The number of ether oxygens (including phenoxy) is 1. The molecule has 2 aliphatic heterocycles. The van der Waals surface area contributed by atoms with Gasteiger partial charge in [-0.25, -0.2) is 0 Å². The Balaban J connectivity index is 1.42. The van der Waals surface area contributed by atoms with Gasteiger partial charge in [0.2, 0.25) is 11.8 Å². The summed E-state index contributed by atoms with van der Waals surface area (Å²) in [6.45, 7) is 2.20. The molecule has 2 amide bonds. The summed E-state index contributed by atoms with van der Waals surface area (Å²) in [6, 6.07) is 8.10. The molecule has 0 radical (unpaired) electrons. The number of fused-ring (bicyclic) bond motifs is 1. The van der Waals surface area contributed by atoms with Crippen molar-refractivity contribution in [1.29, 1.82) is 0 Å². The van der Waals surface area contributed by atoms with Crippen LogP contribution in [-0.2, 0) is 20.7 Å². The summed E-state index contributed by atoms with van der Waals surface area (Å²) < 4.78 is 5.87. The summed E-state index contributed by atoms with van der Waals surface area (Å²) in [5.74, 6) is 0.156. The van der Waals surface area contributed by atoms with Crippen LogP contribution in [0.2, 0.25) is 5.02 Å². The van der Waals surface area contributed by atoms with Gasteiger partial charge in [0, 0.05) is 50.7 Å². The first-order chi connectivity index (χ1) is 12.9. The van der Waals surface area contributed by atoms with Crippen molar-refractivity contribution in [2.24, 2.45) is 0 Å². The second-order valence-corrected chi connectivity index (χ2v) is 8.12. The molecule has 3 atom stereocenters. The first-order valence-electron chi connectivity index (χ1n) is 9.50. The first-order valence-corrected chi connectivity index (χ1v) is 9.88. The maximum atomic E-state index is 12.3. The van der Waals surface area contributed by atoms with Gasteiger partial charge in [-0.05, 0) is 30.5 Å². The molecule has 27 heavy (non-hydrogen) atoms. The molecule has 1 aromatic carbocycles. The second-order valence-electron chi connectivity index (χ2n) is 7.69. The maximum absolute atomic E-state index is 12.3. The fraction of sp³-hybridized carbons (Fsp3) is 0.600. The highest BCUT2D eigenvalue weighted by Crippen LogP contribution is 2.24. The molecule has 0 unspecified atom stereocenters. The Morgan fingerprint density at radius 1 is 1.33 bits per heavy atom. The predicted molar refractivity (Wildman–Crippen MR) is 105 cm³/mol. The van der Waals surface area contributed by atoms with E-state index in [0.29, 0.717) is 36.9 Å². The van der Waals surface area contributed by atoms with E-state index >= 15 is 0 Å². The van der Waals surface area contributed by atoms with Crippen molar-refractivity contribution in [3.8, 4) is 0 Å². The number of aryl methyl sites for hydroxylation is 1. The van der Waals surface area contributed by atoms with Crippen molar-refractivity contribution in [1.82, 2.24) is 15.1 Å². The van der Waals surface area contributed by atoms with Crippen molar-refractivity contribution < 1.29 is 14.3 Å². The molecule has 7 heteroatoms. The van der Waals surface area contributed by atoms with Gasteiger partial charge in [0.15, 0.2) is 0 Å². The van der Waals surface area contributed by atoms with Crippen molar-refractivity contribution in [3.05, 3.63) is 34.9 Å². The molecule has 2 saturated heterocycles. The zero-order chi connectivity index (χ0) is 19.4. The van der Waals surface area contributed by atoms with Crippen LogP contribution < -0.4 is 5.32 Å². The third-order valence-corrected chi connectivity index (χ3v) is 5.52. The van der Waals surface area contributed by atoms with E-state index in [9.17, 15) is 9.59 Å². The van der Waals surface area contributed by atoms with Crippen molar-refractivity contribution in [3.63, 3.8) is 0 Å². The summed E-state index contributed by atoms with van der Waals surface area (Å²) in [4.78, 5) is 28.1. The van der Waals surface area contributed by atoms with E-state index in [1.807, 2.05) is 24.3 Å². The largest absolute Gasteiger partial charge is 0.375 e. The molecular formula is C20H28ClN3O3. The lowest BCUT2D eigenvalue weighted by Gasteiger charge is -2.35. The fourth-order valence-corrected chi connectivity index (χ4v) is 4.01. The molecule has 148 valence electrons. The monoisotopic (exact) mass is 393 g/mol. The lowest BCUT2D eigenvalue weighted by molar-refractivity contribution is -0.134. The summed E-state index contributed by atoms with van der Waals surface area (Å²) in [6.07, 6.45) is 2.39. The minimum absolute atomic E-state index is 0.0616. The maximum Gasteiger partial charge on any atom is 0.224 e. The molecule has 2 heterocycles. The Morgan fingerprint density at radius 2 is 2.15 bits per heavy atom. The highest BCUT2D eigenvalue weighted by atomic mass is 35.5. The van der Waals surface area contributed by atoms with Gasteiger partial charge < -0.3 is 15.0 Å². The number of rotatable bonds is 6. The van der Waals surface area contributed by atoms with E-state index < -0.39 is 0 Å². The smallest absolute Gasteiger partial charge is 0.224 e. The quantitative estimate of drug-likeness (QED) is 0.799. The van der Waals surface area contributed by atoms with Crippen molar-refractivity contribution >= 4 is 23.4 Å². The molecule has 1 N–H and O–H groups in total. The van der Waals surface area contributed by atoms with E-state index in [2.05, 4.69) is 10.2 Å². The Labute approximate surface area is 165 Å². The summed E-state index contributed by atoms with van der Waals surface area (Å²) in [5.41, 5.74) is 1.07. The van der Waals surface area contributed by atoms with Gasteiger partial charge in [-0.1, -0.05) is 23.7 Å². The van der Waals surface area contributed by atoms with Gasteiger partial charge in [0.1, 0.15) is 0 Å². The lowest BCUT2D eigenvalue weighted by atomic mass is 10.1. The van der Waals surface area contributed by atoms with E-state index in [-0.39, 0.29) is 24.0 Å². The molecule has 2 aliphatic rings. The zero-order valence-corrected chi connectivity index (χ0v) is 16.7. The predicted octanol–water partition coefficient (Wildman–Crippen LogP) is 1.71. The lowest BCUT2D eigenvalue weighted by Crippen LogP contribution is -2.47. The molecule has 0 aliphatic carbocycles. The van der Waals surface area contributed by atoms with E-state index in [4.69, 9.17) is 16.3 Å². The van der Waals surface area contributed by atoms with E-state index in [0.717, 1.165) is 25.1 Å². The zero-order valence-electron chi connectivity index (χ0n) is 16.0. The fourth-order valence-electron chi connectivity index (χ4n) is 3.80. The van der Waals surface area contributed by atoms with Crippen LogP contribution in [0.3, 0.4) is 0 Å². The van der Waals surface area contributed by atoms with Crippen molar-refractivity contribution in [2.45, 2.75) is 43.9 Å². The summed E-state index contributed by atoms with van der Waals surface area (Å²) in [7, 11) is 3.53. The molecule has 0 saturated carbocycles. The third kappa shape index (κ3) is 5.67. The minimum Gasteiger partial charge on any atom is -0.375 e. The van der Waals surface area contributed by atoms with Crippen LogP contribution in [0.25, 0.3) is 0 Å². The van der Waals surface area contributed by atoms with Crippen molar-refractivity contribution in [2.75, 3.05) is 33.8 Å². The molecule has 0 bridgehead atoms. The van der Waals surface area contributed by atoms with Crippen LogP contribution in [0.4, 0.5) is 0 Å². The van der Waals surface area contributed by atoms with Crippen LogP contribution in [0.15, 0.2) is 24.3 Å².